The molecule has 0 radical (unpaired) electrons. The van der Waals surface area contributed by atoms with Gasteiger partial charge in [0.15, 0.2) is 0 Å². The van der Waals surface area contributed by atoms with Gasteiger partial charge in [-0.1, -0.05) is 17.7 Å². The van der Waals surface area contributed by atoms with Crippen molar-refractivity contribution in [2.24, 2.45) is 0 Å². The summed E-state index contributed by atoms with van der Waals surface area (Å²) in [6, 6.07) is 5.53. The topological polar surface area (TPSA) is 52.6 Å². The van der Waals surface area contributed by atoms with Gasteiger partial charge in [0.1, 0.15) is 6.54 Å². The van der Waals surface area contributed by atoms with Crippen molar-refractivity contribution < 1.29 is 9.90 Å². The van der Waals surface area contributed by atoms with E-state index in [2.05, 4.69) is 5.32 Å². The molecule has 0 amide bonds. The Kier molecular flexibility index (Phi) is 3.19. The van der Waals surface area contributed by atoms with E-state index in [9.17, 15) is 4.79 Å². The lowest BCUT2D eigenvalue weighted by atomic mass is 10.2. The molecular weight excluding hydrogens is 228 g/mol. The minimum Gasteiger partial charge on any atom is -0.480 e. The Labute approximate surface area is 98.8 Å². The van der Waals surface area contributed by atoms with Crippen molar-refractivity contribution in [1.82, 2.24) is 0 Å². The van der Waals surface area contributed by atoms with Crippen LogP contribution in [0.2, 0.25) is 5.02 Å². The Morgan fingerprint density at radius 1 is 1.56 bits per heavy atom. The molecule has 4 nitrogen and oxygen atoms in total. The quantitative estimate of drug-likeness (QED) is 0.831. The van der Waals surface area contributed by atoms with Crippen LogP contribution in [0.3, 0.4) is 0 Å². The number of carboxylic acid groups (broad SMARTS) is 1. The third-order valence-corrected chi connectivity index (χ3v) is 2.88. The average molecular weight is 241 g/mol. The fourth-order valence-corrected chi connectivity index (χ4v) is 2.12. The third kappa shape index (κ3) is 2.22. The number of nitrogens with zero attached hydrogens (tertiary/aromatic N) is 1. The summed E-state index contributed by atoms with van der Waals surface area (Å²) in [6.45, 7) is 1.55. The predicted molar refractivity (Wildman–Crippen MR) is 64.4 cm³/mol. The van der Waals surface area contributed by atoms with Crippen LogP contribution in [0.1, 0.15) is 6.42 Å². The van der Waals surface area contributed by atoms with Gasteiger partial charge in [-0.05, 0) is 18.6 Å². The maximum atomic E-state index is 10.8. The molecule has 1 aromatic carbocycles. The van der Waals surface area contributed by atoms with Crippen molar-refractivity contribution in [2.45, 2.75) is 6.42 Å². The highest BCUT2D eigenvalue weighted by atomic mass is 35.5. The van der Waals surface area contributed by atoms with Gasteiger partial charge in [-0.15, -0.1) is 0 Å². The van der Waals surface area contributed by atoms with E-state index < -0.39 is 5.97 Å². The zero-order valence-electron chi connectivity index (χ0n) is 8.74. The van der Waals surface area contributed by atoms with Gasteiger partial charge in [-0.25, -0.2) is 0 Å². The number of aliphatic carboxylic acids is 1. The number of anilines is 2. The zero-order valence-corrected chi connectivity index (χ0v) is 9.50. The van der Waals surface area contributed by atoms with Crippen molar-refractivity contribution in [3.8, 4) is 0 Å². The first-order valence-electron chi connectivity index (χ1n) is 5.17. The lowest BCUT2D eigenvalue weighted by molar-refractivity contribution is -0.135. The highest BCUT2D eigenvalue weighted by Crippen LogP contribution is 2.34. The molecule has 0 spiro atoms. The highest BCUT2D eigenvalue weighted by molar-refractivity contribution is 6.34. The Hall–Kier alpha value is -1.42. The second-order valence-corrected chi connectivity index (χ2v) is 4.14. The van der Waals surface area contributed by atoms with Crippen LogP contribution in [0.4, 0.5) is 11.4 Å². The Morgan fingerprint density at radius 3 is 3.12 bits per heavy atom. The smallest absolute Gasteiger partial charge is 0.323 e. The second-order valence-electron chi connectivity index (χ2n) is 3.73. The lowest BCUT2D eigenvalue weighted by Gasteiger charge is -2.22. The number of benzene rings is 1. The zero-order chi connectivity index (χ0) is 11.5. The van der Waals surface area contributed by atoms with E-state index in [4.69, 9.17) is 16.7 Å². The molecule has 0 saturated heterocycles. The minimum absolute atomic E-state index is 0.00895. The molecule has 5 heteroatoms. The first kappa shape index (κ1) is 11.1. The summed E-state index contributed by atoms with van der Waals surface area (Å²) in [5.41, 5.74) is 1.70. The molecule has 0 saturated carbocycles. The number of nitrogens with one attached hydrogen (secondary N) is 1. The fourth-order valence-electron chi connectivity index (χ4n) is 1.88. The van der Waals surface area contributed by atoms with Crippen molar-refractivity contribution >= 4 is 28.9 Å². The van der Waals surface area contributed by atoms with Gasteiger partial charge in [-0.2, -0.15) is 0 Å². The summed E-state index contributed by atoms with van der Waals surface area (Å²) in [7, 11) is 0. The van der Waals surface area contributed by atoms with Crippen LogP contribution in [-0.2, 0) is 4.79 Å². The van der Waals surface area contributed by atoms with Crippen LogP contribution < -0.4 is 10.2 Å². The second kappa shape index (κ2) is 4.61. The molecule has 0 unspecified atom stereocenters. The maximum Gasteiger partial charge on any atom is 0.323 e. The number of carbonyl (C=O) groups is 1. The first-order valence-corrected chi connectivity index (χ1v) is 5.55. The number of hydrogen-bond acceptors (Lipinski definition) is 3. The van der Waals surface area contributed by atoms with E-state index in [0.29, 0.717) is 5.02 Å². The van der Waals surface area contributed by atoms with E-state index >= 15 is 0 Å². The Bertz CT molecular complexity index is 409. The molecule has 0 aliphatic carbocycles. The van der Waals surface area contributed by atoms with Crippen molar-refractivity contribution in [3.05, 3.63) is 23.2 Å². The number of halogens is 1. The summed E-state index contributed by atoms with van der Waals surface area (Å²) in [5, 5.41) is 12.7. The lowest BCUT2D eigenvalue weighted by Crippen LogP contribution is -2.30. The van der Waals surface area contributed by atoms with Gasteiger partial charge in [0.25, 0.3) is 0 Å². The molecule has 0 fully saturated rings. The van der Waals surface area contributed by atoms with Gasteiger partial charge in [0.05, 0.1) is 16.4 Å². The number of fused-ring (bicyclic) bond motifs is 1. The molecule has 0 aromatic heterocycles. The third-order valence-electron chi connectivity index (χ3n) is 2.57. The van der Waals surface area contributed by atoms with E-state index in [0.717, 1.165) is 30.9 Å². The number of hydrogen-bond donors (Lipinski definition) is 2. The summed E-state index contributed by atoms with van der Waals surface area (Å²) in [5.74, 6) is -0.826. The normalized spacial score (nSPS) is 14.9. The monoisotopic (exact) mass is 240 g/mol. The van der Waals surface area contributed by atoms with Crippen LogP contribution in [0.15, 0.2) is 18.2 Å². The van der Waals surface area contributed by atoms with Gasteiger partial charge < -0.3 is 15.3 Å². The predicted octanol–water partition coefficient (Wildman–Crippen LogP) is 2.05. The molecule has 2 rings (SSSR count). The Morgan fingerprint density at radius 2 is 2.38 bits per heavy atom. The largest absolute Gasteiger partial charge is 0.480 e. The molecule has 16 heavy (non-hydrogen) atoms. The summed E-state index contributed by atoms with van der Waals surface area (Å²) in [4.78, 5) is 12.6. The molecule has 1 aliphatic heterocycles. The maximum absolute atomic E-state index is 10.8. The van der Waals surface area contributed by atoms with Gasteiger partial charge in [-0.3, -0.25) is 4.79 Å². The first-order chi connectivity index (χ1) is 7.68. The van der Waals surface area contributed by atoms with E-state index in [-0.39, 0.29) is 6.54 Å². The van der Waals surface area contributed by atoms with Crippen LogP contribution >= 0.6 is 11.6 Å². The van der Waals surface area contributed by atoms with Crippen molar-refractivity contribution in [1.29, 1.82) is 0 Å². The SMILES string of the molecule is O=C(O)CN1CCCNc2c(Cl)cccc21. The minimum atomic E-state index is -0.826. The van der Waals surface area contributed by atoms with Gasteiger partial charge in [0.2, 0.25) is 0 Å². The summed E-state index contributed by atoms with van der Waals surface area (Å²) in [6.07, 6.45) is 0.901. The van der Waals surface area contributed by atoms with E-state index in [1.807, 2.05) is 17.0 Å². The highest BCUT2D eigenvalue weighted by Gasteiger charge is 2.18. The van der Waals surface area contributed by atoms with Crippen LogP contribution in [0, 0.1) is 0 Å². The van der Waals surface area contributed by atoms with Crippen molar-refractivity contribution in [2.75, 3.05) is 29.9 Å². The molecule has 0 bridgehead atoms. The summed E-state index contributed by atoms with van der Waals surface area (Å²) >= 11 is 6.08. The van der Waals surface area contributed by atoms with E-state index in [1.165, 1.54) is 0 Å². The van der Waals surface area contributed by atoms with Gasteiger partial charge in [0, 0.05) is 13.1 Å². The standard InChI is InChI=1S/C11H13ClN2O2/c12-8-3-1-4-9-11(8)13-5-2-6-14(9)7-10(15)16/h1,3-4,13H,2,5-7H2,(H,15,16). The van der Waals surface area contributed by atoms with Crippen molar-refractivity contribution in [3.63, 3.8) is 0 Å². The number of para-hydroxylation sites is 1. The molecule has 1 aromatic rings. The summed E-state index contributed by atoms with van der Waals surface area (Å²) < 4.78 is 0. The number of carboxylic acids is 1. The molecular formula is C11H13ClN2O2. The Balaban J connectivity index is 2.36. The molecule has 86 valence electrons. The fraction of sp³-hybridized carbons (Fsp3) is 0.364. The molecule has 0 atom stereocenters. The number of rotatable bonds is 2. The van der Waals surface area contributed by atoms with Crippen LogP contribution in [0.5, 0.6) is 0 Å². The molecule has 1 heterocycles. The van der Waals surface area contributed by atoms with E-state index in [1.54, 1.807) is 6.07 Å². The van der Waals surface area contributed by atoms with Crippen LogP contribution in [0.25, 0.3) is 0 Å². The molecule has 2 N–H and O–H groups in total. The molecule has 1 aliphatic rings. The van der Waals surface area contributed by atoms with Crippen LogP contribution in [-0.4, -0.2) is 30.7 Å². The van der Waals surface area contributed by atoms with Gasteiger partial charge >= 0.3 is 5.97 Å². The average Bonchev–Trinajstić information content (AvgIpc) is 2.42.